The lowest BCUT2D eigenvalue weighted by atomic mass is 9.80. The number of ether oxygens (including phenoxy) is 1. The zero-order valence-electron chi connectivity index (χ0n) is 24.1. The highest BCUT2D eigenvalue weighted by Crippen LogP contribution is 2.57. The molecule has 3 nitrogen and oxygen atoms in total. The summed E-state index contributed by atoms with van der Waals surface area (Å²) in [5, 5.41) is 0. The third kappa shape index (κ3) is 4.12. The molecule has 0 radical (unpaired) electrons. The van der Waals surface area contributed by atoms with Crippen LogP contribution in [0.3, 0.4) is 0 Å². The molecule has 5 aliphatic rings. The lowest BCUT2D eigenvalue weighted by Gasteiger charge is -2.46. The Kier molecular flexibility index (Phi) is 5.79. The average Bonchev–Trinajstić information content (AvgIpc) is 3.33. The Morgan fingerprint density at radius 1 is 0.895 bits per heavy atom. The van der Waals surface area contributed by atoms with Crippen molar-refractivity contribution in [2.45, 2.75) is 102 Å². The molecular weight excluding hydrogens is 464 g/mol. The van der Waals surface area contributed by atoms with E-state index in [1.54, 1.807) is 16.7 Å². The van der Waals surface area contributed by atoms with Gasteiger partial charge in [-0.15, -0.1) is 0 Å². The van der Waals surface area contributed by atoms with E-state index in [2.05, 4.69) is 105 Å². The molecule has 4 fully saturated rings. The van der Waals surface area contributed by atoms with Crippen LogP contribution in [0.4, 0.5) is 0 Å². The van der Waals surface area contributed by atoms with Gasteiger partial charge in [0.2, 0.25) is 0 Å². The molecule has 3 heterocycles. The molecule has 1 saturated carbocycles. The van der Waals surface area contributed by atoms with Gasteiger partial charge in [-0.3, -0.25) is 9.80 Å². The molecule has 3 heteroatoms. The summed E-state index contributed by atoms with van der Waals surface area (Å²) in [6.07, 6.45) is 9.08. The summed E-state index contributed by atoms with van der Waals surface area (Å²) in [5.41, 5.74) is 7.02. The summed E-state index contributed by atoms with van der Waals surface area (Å²) in [7, 11) is 0. The minimum Gasteiger partial charge on any atom is -0.380 e. The van der Waals surface area contributed by atoms with E-state index in [4.69, 9.17) is 4.74 Å². The molecule has 3 aliphatic heterocycles. The monoisotopic (exact) mass is 510 g/mol. The van der Waals surface area contributed by atoms with Crippen molar-refractivity contribution in [3.05, 3.63) is 82.9 Å². The van der Waals surface area contributed by atoms with E-state index in [-0.39, 0.29) is 11.1 Å². The summed E-state index contributed by atoms with van der Waals surface area (Å²) < 4.78 is 5.83. The topological polar surface area (TPSA) is 15.7 Å². The second-order valence-corrected chi connectivity index (χ2v) is 14.8. The number of hydrogen-bond donors (Lipinski definition) is 0. The van der Waals surface area contributed by atoms with Gasteiger partial charge in [-0.1, -0.05) is 66.2 Å². The molecule has 2 aromatic carbocycles. The van der Waals surface area contributed by atoms with Gasteiger partial charge in [-0.05, 0) is 89.3 Å². The molecule has 2 aromatic rings. The highest BCUT2D eigenvalue weighted by molar-refractivity contribution is 5.38. The molecular formula is C35H46N2O. The predicted molar refractivity (Wildman–Crippen MR) is 155 cm³/mol. The Balaban J connectivity index is 1.20. The number of fused-ring (bicyclic) bond motifs is 2. The summed E-state index contributed by atoms with van der Waals surface area (Å²) in [6, 6.07) is 22.3. The highest BCUT2D eigenvalue weighted by Gasteiger charge is 2.55. The number of rotatable bonds is 6. The van der Waals surface area contributed by atoms with Gasteiger partial charge in [-0.2, -0.15) is 0 Å². The molecule has 2 aliphatic carbocycles. The molecule has 1 spiro atoms. The summed E-state index contributed by atoms with van der Waals surface area (Å²) in [6.45, 7) is 15.3. The van der Waals surface area contributed by atoms with Gasteiger partial charge in [0.1, 0.15) is 0 Å². The second kappa shape index (κ2) is 8.78. The molecule has 38 heavy (non-hydrogen) atoms. The quantitative estimate of drug-likeness (QED) is 0.371. The van der Waals surface area contributed by atoms with Crippen LogP contribution in [-0.4, -0.2) is 46.7 Å². The van der Waals surface area contributed by atoms with Crippen LogP contribution in [0.1, 0.15) is 101 Å². The lowest BCUT2D eigenvalue weighted by molar-refractivity contribution is -0.108. The first-order valence-corrected chi connectivity index (χ1v) is 15.1. The predicted octanol–water partition coefficient (Wildman–Crippen LogP) is 7.67. The largest absolute Gasteiger partial charge is 0.380 e. The van der Waals surface area contributed by atoms with Crippen molar-refractivity contribution in [2.75, 3.05) is 19.8 Å². The second-order valence-electron chi connectivity index (χ2n) is 14.8. The van der Waals surface area contributed by atoms with Crippen molar-refractivity contribution in [3.63, 3.8) is 0 Å². The maximum atomic E-state index is 5.83. The van der Waals surface area contributed by atoms with Gasteiger partial charge < -0.3 is 4.74 Å². The summed E-state index contributed by atoms with van der Waals surface area (Å²) in [5.74, 6) is 1.40. The normalized spacial score (nSPS) is 31.1. The zero-order chi connectivity index (χ0) is 26.3. The Hall–Kier alpha value is -1.94. The molecule has 2 bridgehead atoms. The van der Waals surface area contributed by atoms with Crippen LogP contribution < -0.4 is 0 Å². The summed E-state index contributed by atoms with van der Waals surface area (Å²) >= 11 is 0. The lowest BCUT2D eigenvalue weighted by Crippen LogP contribution is -2.50. The van der Waals surface area contributed by atoms with E-state index in [1.807, 2.05) is 0 Å². The minimum absolute atomic E-state index is 0.102. The molecule has 0 aromatic heterocycles. The van der Waals surface area contributed by atoms with Crippen molar-refractivity contribution in [1.29, 1.82) is 0 Å². The van der Waals surface area contributed by atoms with Crippen LogP contribution in [0.5, 0.6) is 0 Å². The van der Waals surface area contributed by atoms with Crippen molar-refractivity contribution >= 4 is 0 Å². The molecule has 0 amide bonds. The molecule has 7 rings (SSSR count). The van der Waals surface area contributed by atoms with Crippen LogP contribution in [0.15, 0.2) is 66.2 Å². The Morgan fingerprint density at radius 2 is 1.58 bits per heavy atom. The third-order valence-corrected chi connectivity index (χ3v) is 10.4. The first-order valence-electron chi connectivity index (χ1n) is 15.1. The first-order chi connectivity index (χ1) is 18.2. The van der Waals surface area contributed by atoms with Crippen LogP contribution in [0, 0.1) is 11.3 Å². The summed E-state index contributed by atoms with van der Waals surface area (Å²) in [4.78, 5) is 5.71. The van der Waals surface area contributed by atoms with Gasteiger partial charge in [0.25, 0.3) is 0 Å². The highest BCUT2D eigenvalue weighted by atomic mass is 16.5. The molecule has 202 valence electrons. The van der Waals surface area contributed by atoms with Crippen molar-refractivity contribution in [1.82, 2.24) is 9.80 Å². The van der Waals surface area contributed by atoms with Gasteiger partial charge >= 0.3 is 0 Å². The van der Waals surface area contributed by atoms with E-state index in [0.29, 0.717) is 29.5 Å². The minimum atomic E-state index is 0.102. The van der Waals surface area contributed by atoms with Crippen LogP contribution in [-0.2, 0) is 4.74 Å². The number of benzene rings is 2. The van der Waals surface area contributed by atoms with Crippen LogP contribution in [0.2, 0.25) is 0 Å². The van der Waals surface area contributed by atoms with Crippen molar-refractivity contribution < 1.29 is 4.74 Å². The molecule has 3 saturated heterocycles. The van der Waals surface area contributed by atoms with Crippen molar-refractivity contribution in [3.8, 4) is 0 Å². The Morgan fingerprint density at radius 3 is 2.21 bits per heavy atom. The zero-order valence-corrected chi connectivity index (χ0v) is 24.1. The fraction of sp³-hybridized carbons (Fsp3) is 0.600. The maximum absolute atomic E-state index is 5.83. The number of hydrogen-bond acceptors (Lipinski definition) is 3. The van der Waals surface area contributed by atoms with Gasteiger partial charge in [0, 0.05) is 47.1 Å². The third-order valence-electron chi connectivity index (χ3n) is 10.4. The van der Waals surface area contributed by atoms with E-state index < -0.39 is 0 Å². The van der Waals surface area contributed by atoms with Crippen LogP contribution >= 0.6 is 0 Å². The van der Waals surface area contributed by atoms with Crippen molar-refractivity contribution in [2.24, 2.45) is 11.3 Å². The Bertz CT molecular complexity index is 1220. The fourth-order valence-electron chi connectivity index (χ4n) is 8.68. The molecule has 4 atom stereocenters. The van der Waals surface area contributed by atoms with E-state index in [1.165, 1.54) is 37.8 Å². The van der Waals surface area contributed by atoms with Gasteiger partial charge in [0.15, 0.2) is 0 Å². The SMILES string of the molecule is CC(C)(C)N1C2C=C(CC(C)(C)N3CC4(COC4)CC3c3ccccc3C3CC3)C(C2)C1c1ccccc1. The smallest absolute Gasteiger partial charge is 0.0557 e. The average molecular weight is 511 g/mol. The number of nitrogens with zero attached hydrogens (tertiary/aromatic N) is 2. The Labute approximate surface area is 230 Å². The van der Waals surface area contributed by atoms with Gasteiger partial charge in [0.05, 0.1) is 13.2 Å². The van der Waals surface area contributed by atoms with Crippen LogP contribution in [0.25, 0.3) is 0 Å². The molecule has 0 N–H and O–H groups in total. The maximum Gasteiger partial charge on any atom is 0.0557 e. The number of likely N-dealkylation sites (tertiary alicyclic amines) is 2. The van der Waals surface area contributed by atoms with E-state index >= 15 is 0 Å². The first kappa shape index (κ1) is 25.1. The van der Waals surface area contributed by atoms with Gasteiger partial charge in [-0.25, -0.2) is 0 Å². The fourth-order valence-corrected chi connectivity index (χ4v) is 8.68. The van der Waals surface area contributed by atoms with E-state index in [9.17, 15) is 0 Å². The standard InChI is InChI=1S/C35H46N2O/c1-33(2,3)37-27-17-26(30(18-27)32(37)25-11-7-6-8-12-25)19-34(4,5)36-21-35(22-38-23-35)20-31(36)29-14-10-9-13-28(29)24-15-16-24/h6-14,17,24,27,30-32H,15-16,18-23H2,1-5H3. The molecule has 4 unspecified atom stereocenters. The van der Waals surface area contributed by atoms with E-state index in [0.717, 1.165) is 25.6 Å².